The van der Waals surface area contributed by atoms with Crippen LogP contribution >= 0.6 is 0 Å². The normalized spacial score (nSPS) is 17.9. The maximum Gasteiger partial charge on any atom is 0.221 e. The molecular formula is C14H20N2O3. The number of nitrogens with two attached hydrogens (primary N) is 1. The molecule has 104 valence electrons. The molecule has 1 amide bonds. The number of carbonyl (C=O) groups is 1. The van der Waals surface area contributed by atoms with Crippen LogP contribution in [0.1, 0.15) is 30.9 Å². The maximum absolute atomic E-state index is 11.7. The summed E-state index contributed by atoms with van der Waals surface area (Å²) in [6.07, 6.45) is 2.13. The highest BCUT2D eigenvalue weighted by Gasteiger charge is 2.21. The Kier molecular flexibility index (Phi) is 4.63. The minimum Gasteiger partial charge on any atom is -0.497 e. The van der Waals surface area contributed by atoms with Gasteiger partial charge in [-0.25, -0.2) is 0 Å². The van der Waals surface area contributed by atoms with Gasteiger partial charge in [-0.2, -0.15) is 0 Å². The summed E-state index contributed by atoms with van der Waals surface area (Å²) < 4.78 is 10.9. The van der Waals surface area contributed by atoms with E-state index in [0.717, 1.165) is 29.9 Å². The summed E-state index contributed by atoms with van der Waals surface area (Å²) in [7, 11) is 1.62. The van der Waals surface area contributed by atoms with Crippen LogP contribution < -0.4 is 20.5 Å². The van der Waals surface area contributed by atoms with Gasteiger partial charge in [0.05, 0.1) is 19.8 Å². The Morgan fingerprint density at radius 2 is 2.42 bits per heavy atom. The van der Waals surface area contributed by atoms with Crippen molar-refractivity contribution in [1.82, 2.24) is 5.32 Å². The zero-order valence-electron chi connectivity index (χ0n) is 11.1. The van der Waals surface area contributed by atoms with Crippen LogP contribution in [0.3, 0.4) is 0 Å². The van der Waals surface area contributed by atoms with Crippen molar-refractivity contribution in [3.05, 3.63) is 23.8 Å². The maximum atomic E-state index is 11.7. The van der Waals surface area contributed by atoms with E-state index in [2.05, 4.69) is 5.32 Å². The monoisotopic (exact) mass is 264 g/mol. The Labute approximate surface area is 113 Å². The standard InChI is InChI=1S/C14H20N2O3/c1-18-10-4-5-11-12(16-14(17)6-7-15)3-2-8-19-13(11)9-10/h4-5,9,12H,2-3,6-8,15H2,1H3,(H,16,17). The molecule has 5 heteroatoms. The van der Waals surface area contributed by atoms with E-state index >= 15 is 0 Å². The largest absolute Gasteiger partial charge is 0.497 e. The molecule has 1 unspecified atom stereocenters. The molecule has 0 aliphatic carbocycles. The quantitative estimate of drug-likeness (QED) is 0.861. The van der Waals surface area contributed by atoms with Crippen LogP contribution in [-0.2, 0) is 4.79 Å². The third kappa shape index (κ3) is 3.38. The molecule has 1 heterocycles. The molecule has 1 aromatic carbocycles. The molecule has 19 heavy (non-hydrogen) atoms. The SMILES string of the molecule is COc1ccc2c(c1)OCCCC2NC(=O)CCN. The van der Waals surface area contributed by atoms with Crippen molar-refractivity contribution in [2.75, 3.05) is 20.3 Å². The first-order valence-electron chi connectivity index (χ1n) is 6.54. The van der Waals surface area contributed by atoms with E-state index in [-0.39, 0.29) is 11.9 Å². The zero-order valence-corrected chi connectivity index (χ0v) is 11.1. The minimum atomic E-state index is -0.0174. The second-order valence-corrected chi connectivity index (χ2v) is 4.55. The number of fused-ring (bicyclic) bond motifs is 1. The number of nitrogens with one attached hydrogen (secondary N) is 1. The molecule has 5 nitrogen and oxygen atoms in total. The van der Waals surface area contributed by atoms with Crippen molar-refractivity contribution >= 4 is 5.91 Å². The fourth-order valence-electron chi connectivity index (χ4n) is 2.23. The first-order chi connectivity index (χ1) is 9.24. The molecule has 1 aliphatic heterocycles. The molecule has 1 aromatic rings. The number of hydrogen-bond acceptors (Lipinski definition) is 4. The lowest BCUT2D eigenvalue weighted by Gasteiger charge is -2.18. The van der Waals surface area contributed by atoms with Gasteiger partial charge in [0.2, 0.25) is 5.91 Å². The molecule has 0 saturated heterocycles. The Morgan fingerprint density at radius 3 is 3.16 bits per heavy atom. The van der Waals surface area contributed by atoms with Gasteiger partial charge in [-0.15, -0.1) is 0 Å². The van der Waals surface area contributed by atoms with Crippen LogP contribution in [0.5, 0.6) is 11.5 Å². The van der Waals surface area contributed by atoms with Crippen LogP contribution in [0.15, 0.2) is 18.2 Å². The van der Waals surface area contributed by atoms with Crippen LogP contribution in [-0.4, -0.2) is 26.2 Å². The van der Waals surface area contributed by atoms with Crippen molar-refractivity contribution in [3.63, 3.8) is 0 Å². The third-order valence-corrected chi connectivity index (χ3v) is 3.20. The predicted octanol–water partition coefficient (Wildman–Crippen LogP) is 1.37. The molecule has 0 radical (unpaired) electrons. The van der Waals surface area contributed by atoms with E-state index in [9.17, 15) is 4.79 Å². The van der Waals surface area contributed by atoms with Crippen molar-refractivity contribution in [1.29, 1.82) is 0 Å². The molecule has 0 spiro atoms. The topological polar surface area (TPSA) is 73.6 Å². The van der Waals surface area contributed by atoms with E-state index in [1.165, 1.54) is 0 Å². The van der Waals surface area contributed by atoms with Gasteiger partial charge < -0.3 is 20.5 Å². The van der Waals surface area contributed by atoms with E-state index < -0.39 is 0 Å². The van der Waals surface area contributed by atoms with E-state index in [0.29, 0.717) is 19.6 Å². The van der Waals surface area contributed by atoms with Gasteiger partial charge in [-0.3, -0.25) is 4.79 Å². The first kappa shape index (κ1) is 13.7. The summed E-state index contributed by atoms with van der Waals surface area (Å²) in [5, 5.41) is 3.01. The van der Waals surface area contributed by atoms with Crippen molar-refractivity contribution in [2.24, 2.45) is 5.73 Å². The average Bonchev–Trinajstić information content (AvgIpc) is 2.61. The molecule has 0 fully saturated rings. The van der Waals surface area contributed by atoms with E-state index in [4.69, 9.17) is 15.2 Å². The molecule has 3 N–H and O–H groups in total. The zero-order chi connectivity index (χ0) is 13.7. The van der Waals surface area contributed by atoms with Crippen LogP contribution in [0, 0.1) is 0 Å². The number of ether oxygens (including phenoxy) is 2. The van der Waals surface area contributed by atoms with Gasteiger partial charge in [-0.1, -0.05) is 0 Å². The lowest BCUT2D eigenvalue weighted by atomic mass is 10.0. The molecule has 0 saturated carbocycles. The highest BCUT2D eigenvalue weighted by Crippen LogP contribution is 2.34. The smallest absolute Gasteiger partial charge is 0.221 e. The molecule has 2 rings (SSSR count). The summed E-state index contributed by atoms with van der Waals surface area (Å²) in [4.78, 5) is 11.7. The summed E-state index contributed by atoms with van der Waals surface area (Å²) in [6, 6.07) is 5.69. The first-order valence-corrected chi connectivity index (χ1v) is 6.54. The number of amides is 1. The Balaban J connectivity index is 2.20. The predicted molar refractivity (Wildman–Crippen MR) is 72.3 cm³/mol. The Bertz CT molecular complexity index is 448. The fraction of sp³-hybridized carbons (Fsp3) is 0.500. The van der Waals surface area contributed by atoms with E-state index in [1.54, 1.807) is 7.11 Å². The van der Waals surface area contributed by atoms with Gasteiger partial charge in [0.15, 0.2) is 0 Å². The summed E-state index contributed by atoms with van der Waals surface area (Å²) in [5.74, 6) is 1.53. The fourth-order valence-corrected chi connectivity index (χ4v) is 2.23. The second-order valence-electron chi connectivity index (χ2n) is 4.55. The number of methoxy groups -OCH3 is 1. The van der Waals surface area contributed by atoms with Crippen LogP contribution in [0.2, 0.25) is 0 Å². The lowest BCUT2D eigenvalue weighted by Crippen LogP contribution is -2.29. The summed E-state index contributed by atoms with van der Waals surface area (Å²) in [5.41, 5.74) is 6.40. The highest BCUT2D eigenvalue weighted by molar-refractivity contribution is 5.76. The average molecular weight is 264 g/mol. The molecule has 0 aromatic heterocycles. The van der Waals surface area contributed by atoms with Gasteiger partial charge >= 0.3 is 0 Å². The van der Waals surface area contributed by atoms with Crippen molar-refractivity contribution < 1.29 is 14.3 Å². The Hall–Kier alpha value is -1.75. The van der Waals surface area contributed by atoms with Crippen molar-refractivity contribution in [3.8, 4) is 11.5 Å². The van der Waals surface area contributed by atoms with Gasteiger partial charge in [0.25, 0.3) is 0 Å². The minimum absolute atomic E-state index is 0.0116. The Morgan fingerprint density at radius 1 is 1.58 bits per heavy atom. The summed E-state index contributed by atoms with van der Waals surface area (Å²) in [6.45, 7) is 1.02. The molecular weight excluding hydrogens is 244 g/mol. The number of rotatable bonds is 4. The van der Waals surface area contributed by atoms with Crippen LogP contribution in [0.4, 0.5) is 0 Å². The van der Waals surface area contributed by atoms with Crippen molar-refractivity contribution in [2.45, 2.75) is 25.3 Å². The van der Waals surface area contributed by atoms with Crippen LogP contribution in [0.25, 0.3) is 0 Å². The molecule has 1 atom stereocenters. The van der Waals surface area contributed by atoms with Gasteiger partial charge in [0.1, 0.15) is 11.5 Å². The third-order valence-electron chi connectivity index (χ3n) is 3.20. The highest BCUT2D eigenvalue weighted by atomic mass is 16.5. The van der Waals surface area contributed by atoms with E-state index in [1.807, 2.05) is 18.2 Å². The number of benzene rings is 1. The lowest BCUT2D eigenvalue weighted by molar-refractivity contribution is -0.121. The number of carbonyl (C=O) groups excluding carboxylic acids is 1. The number of hydrogen-bond donors (Lipinski definition) is 2. The summed E-state index contributed by atoms with van der Waals surface area (Å²) >= 11 is 0. The van der Waals surface area contributed by atoms with Gasteiger partial charge in [-0.05, 0) is 25.0 Å². The second kappa shape index (κ2) is 6.43. The molecule has 0 bridgehead atoms. The molecule has 1 aliphatic rings. The van der Waals surface area contributed by atoms with Gasteiger partial charge in [0, 0.05) is 24.6 Å².